The molecule has 6 heteroatoms. The van der Waals surface area contributed by atoms with Crippen molar-refractivity contribution in [3.63, 3.8) is 0 Å². The maximum atomic E-state index is 12.3. The topological polar surface area (TPSA) is 67.2 Å². The van der Waals surface area contributed by atoms with Gasteiger partial charge in [0.25, 0.3) is 11.5 Å². The lowest BCUT2D eigenvalue weighted by Crippen LogP contribution is -2.34. The molecule has 26 heavy (non-hydrogen) atoms. The van der Waals surface area contributed by atoms with Gasteiger partial charge in [0.15, 0.2) is 0 Å². The lowest BCUT2D eigenvalue weighted by Gasteiger charge is -2.26. The Hall–Kier alpha value is -2.47. The zero-order chi connectivity index (χ0) is 18.2. The van der Waals surface area contributed by atoms with Gasteiger partial charge in [-0.1, -0.05) is 36.8 Å². The van der Waals surface area contributed by atoms with Crippen LogP contribution in [0.15, 0.2) is 47.3 Å². The Morgan fingerprint density at radius 2 is 1.81 bits per heavy atom. The molecule has 0 unspecified atom stereocenters. The number of hydrogen-bond donors (Lipinski definition) is 1. The van der Waals surface area contributed by atoms with Crippen LogP contribution in [-0.2, 0) is 6.54 Å². The minimum atomic E-state index is -0.231. The normalized spacial score (nSPS) is 14.9. The summed E-state index contributed by atoms with van der Waals surface area (Å²) in [6, 6.07) is 12.5. The molecule has 1 amide bonds. The van der Waals surface area contributed by atoms with Gasteiger partial charge in [0.2, 0.25) is 0 Å². The molecule has 1 aromatic carbocycles. The van der Waals surface area contributed by atoms with Crippen molar-refractivity contribution in [2.75, 3.05) is 26.2 Å². The molecule has 1 fully saturated rings. The van der Waals surface area contributed by atoms with Crippen molar-refractivity contribution in [3.8, 4) is 0 Å². The van der Waals surface area contributed by atoms with Crippen LogP contribution in [0, 0.1) is 0 Å². The average Bonchev–Trinajstić information content (AvgIpc) is 2.68. The van der Waals surface area contributed by atoms with Crippen molar-refractivity contribution >= 4 is 5.91 Å². The summed E-state index contributed by atoms with van der Waals surface area (Å²) in [6.07, 6.45) is 4.81. The fraction of sp³-hybridized carbons (Fsp3) is 0.450. The molecule has 138 valence electrons. The van der Waals surface area contributed by atoms with Crippen LogP contribution in [0.2, 0.25) is 0 Å². The molecule has 1 saturated heterocycles. The van der Waals surface area contributed by atoms with Gasteiger partial charge in [-0.2, -0.15) is 5.10 Å². The Kier molecular flexibility index (Phi) is 6.55. The summed E-state index contributed by atoms with van der Waals surface area (Å²) < 4.78 is 1.33. The second kappa shape index (κ2) is 9.29. The second-order valence-corrected chi connectivity index (χ2v) is 6.71. The number of carbonyl (C=O) groups is 1. The van der Waals surface area contributed by atoms with Crippen LogP contribution in [0.25, 0.3) is 0 Å². The third-order valence-corrected chi connectivity index (χ3v) is 4.66. The highest BCUT2D eigenvalue weighted by molar-refractivity contribution is 5.91. The molecule has 1 aromatic heterocycles. The molecule has 0 aliphatic carbocycles. The van der Waals surface area contributed by atoms with Crippen molar-refractivity contribution in [2.45, 2.75) is 32.2 Å². The van der Waals surface area contributed by atoms with E-state index in [0.29, 0.717) is 13.1 Å². The van der Waals surface area contributed by atoms with Gasteiger partial charge in [0.1, 0.15) is 5.69 Å². The van der Waals surface area contributed by atoms with E-state index in [4.69, 9.17) is 0 Å². The minimum Gasteiger partial charge on any atom is -0.351 e. The van der Waals surface area contributed by atoms with Crippen LogP contribution in [0.1, 0.15) is 41.7 Å². The smallest absolute Gasteiger partial charge is 0.271 e. The molecule has 1 aliphatic rings. The third-order valence-electron chi connectivity index (χ3n) is 4.66. The van der Waals surface area contributed by atoms with Gasteiger partial charge in [-0.25, -0.2) is 4.68 Å². The van der Waals surface area contributed by atoms with Gasteiger partial charge in [0, 0.05) is 12.6 Å². The summed E-state index contributed by atoms with van der Waals surface area (Å²) in [5, 5.41) is 7.12. The summed E-state index contributed by atoms with van der Waals surface area (Å²) in [5.41, 5.74) is 1.04. The summed E-state index contributed by atoms with van der Waals surface area (Å²) in [5.74, 6) is -0.231. The highest BCUT2D eigenvalue weighted by Gasteiger charge is 2.11. The molecule has 3 rings (SSSR count). The molecule has 0 bridgehead atoms. The molecular formula is C20H26N4O2. The number of aromatic nitrogens is 2. The van der Waals surface area contributed by atoms with Crippen LogP contribution in [0.4, 0.5) is 0 Å². The number of carbonyl (C=O) groups excluding carboxylic acids is 1. The van der Waals surface area contributed by atoms with Gasteiger partial charge in [0.05, 0.1) is 6.54 Å². The average molecular weight is 354 g/mol. The van der Waals surface area contributed by atoms with Crippen LogP contribution in [-0.4, -0.2) is 46.8 Å². The van der Waals surface area contributed by atoms with Crippen molar-refractivity contribution < 1.29 is 4.79 Å². The first-order valence-corrected chi connectivity index (χ1v) is 9.35. The zero-order valence-electron chi connectivity index (χ0n) is 15.1. The zero-order valence-corrected chi connectivity index (χ0v) is 15.1. The maximum Gasteiger partial charge on any atom is 0.271 e. The van der Waals surface area contributed by atoms with Gasteiger partial charge >= 0.3 is 0 Å². The van der Waals surface area contributed by atoms with E-state index in [1.807, 2.05) is 30.3 Å². The van der Waals surface area contributed by atoms with E-state index >= 15 is 0 Å². The Balaban J connectivity index is 1.52. The Morgan fingerprint density at radius 1 is 1.04 bits per heavy atom. The number of benzene rings is 1. The molecule has 1 aliphatic heterocycles. The maximum absolute atomic E-state index is 12.3. The van der Waals surface area contributed by atoms with Gasteiger partial charge in [-0.05, 0) is 50.5 Å². The predicted octanol–water partition coefficient (Wildman–Crippen LogP) is 1.90. The quantitative estimate of drug-likeness (QED) is 0.771. The largest absolute Gasteiger partial charge is 0.351 e. The first-order valence-electron chi connectivity index (χ1n) is 9.35. The monoisotopic (exact) mass is 354 g/mol. The lowest BCUT2D eigenvalue weighted by atomic mass is 10.1. The molecule has 0 spiro atoms. The van der Waals surface area contributed by atoms with Crippen molar-refractivity contribution in [3.05, 3.63) is 64.1 Å². The third kappa shape index (κ3) is 5.26. The number of nitrogens with one attached hydrogen (secondary N) is 1. The van der Waals surface area contributed by atoms with Gasteiger partial charge in [-0.3, -0.25) is 9.59 Å². The highest BCUT2D eigenvalue weighted by atomic mass is 16.2. The lowest BCUT2D eigenvalue weighted by molar-refractivity contribution is 0.0943. The number of rotatable bonds is 7. The molecular weight excluding hydrogens is 328 g/mol. The first kappa shape index (κ1) is 18.3. The van der Waals surface area contributed by atoms with Crippen LogP contribution in [0.5, 0.6) is 0 Å². The SMILES string of the molecule is O=C(NCCCN1CCCCC1)c1ccc(=O)n(Cc2ccccc2)n1. The van der Waals surface area contributed by atoms with E-state index < -0.39 is 0 Å². The molecule has 2 aromatic rings. The fourth-order valence-corrected chi connectivity index (χ4v) is 3.22. The fourth-order valence-electron chi connectivity index (χ4n) is 3.22. The molecule has 2 heterocycles. The molecule has 1 N–H and O–H groups in total. The second-order valence-electron chi connectivity index (χ2n) is 6.71. The minimum absolute atomic E-state index is 0.212. The van der Waals surface area contributed by atoms with E-state index in [-0.39, 0.29) is 17.2 Å². The Bertz CT molecular complexity index is 767. The van der Waals surface area contributed by atoms with Gasteiger partial charge < -0.3 is 10.2 Å². The molecule has 0 radical (unpaired) electrons. The van der Waals surface area contributed by atoms with Crippen LogP contribution >= 0.6 is 0 Å². The summed E-state index contributed by atoms with van der Waals surface area (Å²) in [7, 11) is 0. The number of piperidine rings is 1. The number of amides is 1. The number of nitrogens with zero attached hydrogens (tertiary/aromatic N) is 3. The Morgan fingerprint density at radius 3 is 2.58 bits per heavy atom. The van der Waals surface area contributed by atoms with E-state index in [2.05, 4.69) is 15.3 Å². The van der Waals surface area contributed by atoms with Crippen molar-refractivity contribution in [2.24, 2.45) is 0 Å². The Labute approximate surface area is 153 Å². The van der Waals surface area contributed by atoms with Crippen molar-refractivity contribution in [1.82, 2.24) is 20.0 Å². The highest BCUT2D eigenvalue weighted by Crippen LogP contribution is 2.08. The number of likely N-dealkylation sites (tertiary alicyclic amines) is 1. The van der Waals surface area contributed by atoms with E-state index in [1.165, 1.54) is 49.2 Å². The van der Waals surface area contributed by atoms with Crippen LogP contribution < -0.4 is 10.9 Å². The summed E-state index contributed by atoms with van der Waals surface area (Å²) in [4.78, 5) is 26.8. The predicted molar refractivity (Wildman–Crippen MR) is 101 cm³/mol. The first-order chi connectivity index (χ1) is 12.7. The molecule has 0 atom stereocenters. The number of hydrogen-bond acceptors (Lipinski definition) is 4. The molecule has 6 nitrogen and oxygen atoms in total. The van der Waals surface area contributed by atoms with Crippen molar-refractivity contribution in [1.29, 1.82) is 0 Å². The van der Waals surface area contributed by atoms with E-state index in [1.54, 1.807) is 0 Å². The standard InChI is InChI=1S/C20H26N4O2/c25-19-11-10-18(22-24(19)16-17-8-3-1-4-9-17)20(26)21-12-7-15-23-13-5-2-6-14-23/h1,3-4,8-11H,2,5-7,12-16H2,(H,21,26). The van der Waals surface area contributed by atoms with Crippen LogP contribution in [0.3, 0.4) is 0 Å². The summed E-state index contributed by atoms with van der Waals surface area (Å²) >= 11 is 0. The van der Waals surface area contributed by atoms with E-state index in [9.17, 15) is 9.59 Å². The van der Waals surface area contributed by atoms with E-state index in [0.717, 1.165) is 18.5 Å². The molecule has 0 saturated carbocycles. The summed E-state index contributed by atoms with van der Waals surface area (Å²) in [6.45, 7) is 4.33. The van der Waals surface area contributed by atoms with Gasteiger partial charge in [-0.15, -0.1) is 0 Å².